The topological polar surface area (TPSA) is 55.1 Å². The first kappa shape index (κ1) is 14.1. The molecular formula is C16H13IN2O2. The maximum absolute atomic E-state index is 11.2. The number of aromatic carboxylic acids is 1. The van der Waals surface area contributed by atoms with Crippen LogP contribution >= 0.6 is 22.6 Å². The summed E-state index contributed by atoms with van der Waals surface area (Å²) in [5, 5.41) is 9.18. The molecule has 0 aliphatic rings. The molecule has 2 aromatic carbocycles. The fraction of sp³-hybridized carbons (Fsp3) is 0.125. The van der Waals surface area contributed by atoms with E-state index in [4.69, 9.17) is 0 Å². The SMILES string of the molecule is CCc1nc2ccc(C(=O)O)cc2n1-c1ccc(I)cc1. The Morgan fingerprint density at radius 2 is 1.95 bits per heavy atom. The Morgan fingerprint density at radius 3 is 2.57 bits per heavy atom. The van der Waals surface area contributed by atoms with Crippen LogP contribution < -0.4 is 0 Å². The summed E-state index contributed by atoms with van der Waals surface area (Å²) in [6.07, 6.45) is 0.781. The molecule has 4 nitrogen and oxygen atoms in total. The first-order valence-corrected chi connectivity index (χ1v) is 7.68. The van der Waals surface area contributed by atoms with Gasteiger partial charge in [0.25, 0.3) is 0 Å². The van der Waals surface area contributed by atoms with E-state index in [1.165, 1.54) is 0 Å². The Hall–Kier alpha value is -1.89. The lowest BCUT2D eigenvalue weighted by atomic mass is 10.2. The molecule has 1 heterocycles. The fourth-order valence-electron chi connectivity index (χ4n) is 2.37. The predicted octanol–water partition coefficient (Wildman–Crippen LogP) is 3.89. The van der Waals surface area contributed by atoms with Gasteiger partial charge in [-0.2, -0.15) is 0 Å². The molecule has 0 aliphatic carbocycles. The minimum Gasteiger partial charge on any atom is -0.478 e. The van der Waals surface area contributed by atoms with Crippen LogP contribution in [0.3, 0.4) is 0 Å². The van der Waals surface area contributed by atoms with E-state index in [0.717, 1.165) is 32.5 Å². The molecule has 0 saturated heterocycles. The van der Waals surface area contributed by atoms with Gasteiger partial charge in [-0.1, -0.05) is 6.92 Å². The molecule has 0 aliphatic heterocycles. The van der Waals surface area contributed by atoms with E-state index < -0.39 is 5.97 Å². The summed E-state index contributed by atoms with van der Waals surface area (Å²) in [4.78, 5) is 15.8. The number of carbonyl (C=O) groups is 1. The van der Waals surface area contributed by atoms with Gasteiger partial charge in [-0.05, 0) is 65.1 Å². The number of fused-ring (bicyclic) bond motifs is 1. The maximum Gasteiger partial charge on any atom is 0.335 e. The van der Waals surface area contributed by atoms with E-state index in [1.807, 2.05) is 35.8 Å². The van der Waals surface area contributed by atoms with Gasteiger partial charge in [-0.25, -0.2) is 9.78 Å². The lowest BCUT2D eigenvalue weighted by molar-refractivity contribution is 0.0697. The summed E-state index contributed by atoms with van der Waals surface area (Å²) >= 11 is 2.26. The van der Waals surface area contributed by atoms with E-state index in [-0.39, 0.29) is 5.56 Å². The second kappa shape index (κ2) is 5.48. The van der Waals surface area contributed by atoms with Crippen molar-refractivity contribution in [1.82, 2.24) is 9.55 Å². The largest absolute Gasteiger partial charge is 0.478 e. The minimum absolute atomic E-state index is 0.275. The van der Waals surface area contributed by atoms with Crippen molar-refractivity contribution in [3.8, 4) is 5.69 Å². The quantitative estimate of drug-likeness (QED) is 0.689. The highest BCUT2D eigenvalue weighted by molar-refractivity contribution is 14.1. The van der Waals surface area contributed by atoms with Gasteiger partial charge >= 0.3 is 5.97 Å². The van der Waals surface area contributed by atoms with Crippen LogP contribution in [0.1, 0.15) is 23.1 Å². The number of hydrogen-bond donors (Lipinski definition) is 1. The van der Waals surface area contributed by atoms with Crippen LogP contribution in [0.25, 0.3) is 16.7 Å². The van der Waals surface area contributed by atoms with Crippen LogP contribution in [0.15, 0.2) is 42.5 Å². The van der Waals surface area contributed by atoms with Crippen molar-refractivity contribution in [2.75, 3.05) is 0 Å². The molecule has 21 heavy (non-hydrogen) atoms. The monoisotopic (exact) mass is 392 g/mol. The molecule has 0 atom stereocenters. The van der Waals surface area contributed by atoms with Gasteiger partial charge in [0.1, 0.15) is 5.82 Å². The zero-order valence-electron chi connectivity index (χ0n) is 11.4. The molecule has 3 aromatic rings. The lowest BCUT2D eigenvalue weighted by Crippen LogP contribution is -2.01. The van der Waals surface area contributed by atoms with Crippen molar-refractivity contribution in [3.05, 3.63) is 57.4 Å². The third kappa shape index (κ3) is 2.53. The van der Waals surface area contributed by atoms with Gasteiger partial charge in [0.05, 0.1) is 16.6 Å². The molecule has 5 heteroatoms. The molecule has 0 bridgehead atoms. The standard InChI is InChI=1S/C16H13IN2O2/c1-2-15-18-13-8-3-10(16(20)21)9-14(13)19(15)12-6-4-11(17)5-7-12/h3-9H,2H2,1H3,(H,20,21). The van der Waals surface area contributed by atoms with Gasteiger partial charge in [-0.3, -0.25) is 4.57 Å². The third-order valence-electron chi connectivity index (χ3n) is 3.37. The smallest absolute Gasteiger partial charge is 0.335 e. The van der Waals surface area contributed by atoms with Crippen LogP contribution in [0.4, 0.5) is 0 Å². The Balaban J connectivity index is 2.29. The third-order valence-corrected chi connectivity index (χ3v) is 4.09. The van der Waals surface area contributed by atoms with Crippen molar-refractivity contribution in [2.24, 2.45) is 0 Å². The van der Waals surface area contributed by atoms with Gasteiger partial charge in [0.15, 0.2) is 0 Å². The molecule has 3 rings (SSSR count). The Labute approximate surface area is 135 Å². The molecule has 0 fully saturated rings. The average Bonchev–Trinajstić information content (AvgIpc) is 2.85. The van der Waals surface area contributed by atoms with E-state index in [0.29, 0.717) is 0 Å². The summed E-state index contributed by atoms with van der Waals surface area (Å²) < 4.78 is 3.18. The number of aromatic nitrogens is 2. The number of carboxylic acids is 1. The highest BCUT2D eigenvalue weighted by Gasteiger charge is 2.13. The average molecular weight is 392 g/mol. The zero-order chi connectivity index (χ0) is 15.0. The van der Waals surface area contributed by atoms with Gasteiger partial charge in [0, 0.05) is 15.7 Å². The summed E-state index contributed by atoms with van der Waals surface area (Å²) in [6.45, 7) is 2.04. The van der Waals surface area contributed by atoms with Crippen molar-refractivity contribution < 1.29 is 9.90 Å². The second-order valence-corrected chi connectivity index (χ2v) is 5.95. The number of imidazole rings is 1. The van der Waals surface area contributed by atoms with Crippen molar-refractivity contribution in [3.63, 3.8) is 0 Å². The first-order valence-electron chi connectivity index (χ1n) is 6.60. The number of hydrogen-bond acceptors (Lipinski definition) is 2. The molecule has 0 radical (unpaired) electrons. The minimum atomic E-state index is -0.926. The highest BCUT2D eigenvalue weighted by atomic mass is 127. The maximum atomic E-state index is 11.2. The molecule has 1 aromatic heterocycles. The number of halogens is 1. The molecule has 106 valence electrons. The Morgan fingerprint density at radius 1 is 1.24 bits per heavy atom. The van der Waals surface area contributed by atoms with Crippen LogP contribution in [0, 0.1) is 3.57 Å². The lowest BCUT2D eigenvalue weighted by Gasteiger charge is -2.08. The molecule has 0 saturated carbocycles. The van der Waals surface area contributed by atoms with E-state index in [9.17, 15) is 9.90 Å². The van der Waals surface area contributed by atoms with E-state index in [2.05, 4.69) is 27.6 Å². The normalized spacial score (nSPS) is 11.0. The van der Waals surface area contributed by atoms with Crippen LogP contribution in [-0.2, 0) is 6.42 Å². The van der Waals surface area contributed by atoms with Gasteiger partial charge in [0.2, 0.25) is 0 Å². The molecule has 0 unspecified atom stereocenters. The predicted molar refractivity (Wildman–Crippen MR) is 90.1 cm³/mol. The van der Waals surface area contributed by atoms with E-state index in [1.54, 1.807) is 18.2 Å². The summed E-state index contributed by atoms with van der Waals surface area (Å²) in [5.74, 6) is -0.000875. The first-order chi connectivity index (χ1) is 10.1. The Bertz CT molecular complexity index is 822. The molecule has 1 N–H and O–H groups in total. The van der Waals surface area contributed by atoms with Crippen molar-refractivity contribution in [1.29, 1.82) is 0 Å². The zero-order valence-corrected chi connectivity index (χ0v) is 13.5. The van der Waals surface area contributed by atoms with Crippen LogP contribution in [0.2, 0.25) is 0 Å². The fourth-order valence-corrected chi connectivity index (χ4v) is 2.73. The van der Waals surface area contributed by atoms with Gasteiger partial charge in [-0.15, -0.1) is 0 Å². The summed E-state index contributed by atoms with van der Waals surface area (Å²) in [5.41, 5.74) is 2.91. The van der Waals surface area contributed by atoms with E-state index >= 15 is 0 Å². The van der Waals surface area contributed by atoms with Crippen molar-refractivity contribution >= 4 is 39.6 Å². The van der Waals surface area contributed by atoms with Crippen LogP contribution in [-0.4, -0.2) is 20.6 Å². The number of benzene rings is 2. The summed E-state index contributed by atoms with van der Waals surface area (Å²) in [6, 6.07) is 13.1. The Kier molecular flexibility index (Phi) is 3.67. The molecular weight excluding hydrogens is 379 g/mol. The second-order valence-electron chi connectivity index (χ2n) is 4.70. The summed E-state index contributed by atoms with van der Waals surface area (Å²) in [7, 11) is 0. The molecule has 0 spiro atoms. The van der Waals surface area contributed by atoms with Crippen LogP contribution in [0.5, 0.6) is 0 Å². The van der Waals surface area contributed by atoms with Crippen molar-refractivity contribution in [2.45, 2.75) is 13.3 Å². The number of rotatable bonds is 3. The number of nitrogens with zero attached hydrogens (tertiary/aromatic N) is 2. The highest BCUT2D eigenvalue weighted by Crippen LogP contribution is 2.24. The number of carboxylic acid groups (broad SMARTS) is 1. The van der Waals surface area contributed by atoms with Gasteiger partial charge < -0.3 is 5.11 Å². The number of aryl methyl sites for hydroxylation is 1. The molecule has 0 amide bonds.